The molecule has 2 aromatic carbocycles. The molecule has 1 aliphatic heterocycles. The average molecular weight is 428 g/mol. The first-order valence-corrected chi connectivity index (χ1v) is 10.5. The van der Waals surface area contributed by atoms with Gasteiger partial charge in [-0.15, -0.1) is 10.2 Å². The fourth-order valence-corrected chi connectivity index (χ4v) is 4.23. The number of nitrogens with zero attached hydrogens (tertiary/aromatic N) is 2. The number of amides is 2. The smallest absolute Gasteiger partial charge is 0.251 e. The van der Waals surface area contributed by atoms with Gasteiger partial charge in [0.1, 0.15) is 0 Å². The highest BCUT2D eigenvalue weighted by Crippen LogP contribution is 2.32. The maximum atomic E-state index is 12.2. The number of carbonyl (C=O) groups is 2. The third kappa shape index (κ3) is 5.04. The average Bonchev–Trinajstić information content (AvgIpc) is 3.40. The highest BCUT2D eigenvalue weighted by Gasteiger charge is 2.17. The van der Waals surface area contributed by atoms with Crippen molar-refractivity contribution in [1.29, 1.82) is 0 Å². The molecule has 29 heavy (non-hydrogen) atoms. The van der Waals surface area contributed by atoms with Crippen molar-refractivity contribution in [2.24, 2.45) is 0 Å². The van der Waals surface area contributed by atoms with E-state index in [4.69, 9.17) is 9.47 Å². The molecule has 10 heteroatoms. The van der Waals surface area contributed by atoms with Gasteiger partial charge in [0, 0.05) is 11.3 Å². The van der Waals surface area contributed by atoms with E-state index in [2.05, 4.69) is 20.8 Å². The summed E-state index contributed by atoms with van der Waals surface area (Å²) in [6.45, 7) is -0.0460. The zero-order valence-electron chi connectivity index (χ0n) is 15.1. The van der Waals surface area contributed by atoms with Crippen LogP contribution in [0.3, 0.4) is 0 Å². The maximum Gasteiger partial charge on any atom is 0.251 e. The quantitative estimate of drug-likeness (QED) is 0.441. The van der Waals surface area contributed by atoms with Crippen LogP contribution in [0.5, 0.6) is 11.5 Å². The van der Waals surface area contributed by atoms with Crippen LogP contribution in [0.1, 0.15) is 15.9 Å². The van der Waals surface area contributed by atoms with E-state index in [0.29, 0.717) is 22.2 Å². The zero-order valence-corrected chi connectivity index (χ0v) is 16.7. The second-order valence-electron chi connectivity index (χ2n) is 5.95. The number of nitrogens with one attached hydrogen (secondary N) is 2. The van der Waals surface area contributed by atoms with Gasteiger partial charge in [-0.3, -0.25) is 14.9 Å². The van der Waals surface area contributed by atoms with E-state index in [1.807, 2.05) is 30.3 Å². The molecule has 4 rings (SSSR count). The number of carbonyl (C=O) groups excluding carboxylic acids is 2. The predicted molar refractivity (Wildman–Crippen MR) is 109 cm³/mol. The van der Waals surface area contributed by atoms with E-state index >= 15 is 0 Å². The van der Waals surface area contributed by atoms with Gasteiger partial charge in [-0.05, 0) is 23.8 Å². The van der Waals surface area contributed by atoms with E-state index < -0.39 is 0 Å². The van der Waals surface area contributed by atoms with Crippen LogP contribution >= 0.6 is 23.1 Å². The Balaban J connectivity index is 1.24. The van der Waals surface area contributed by atoms with E-state index in [9.17, 15) is 9.59 Å². The van der Waals surface area contributed by atoms with Gasteiger partial charge in [0.25, 0.3) is 5.91 Å². The molecule has 0 aliphatic carbocycles. The lowest BCUT2D eigenvalue weighted by molar-refractivity contribution is -0.115. The molecule has 0 saturated carbocycles. The summed E-state index contributed by atoms with van der Waals surface area (Å²) in [5, 5.41) is 13.6. The van der Waals surface area contributed by atoms with Crippen LogP contribution in [0.25, 0.3) is 0 Å². The Morgan fingerprint density at radius 1 is 1.07 bits per heavy atom. The van der Waals surface area contributed by atoms with Gasteiger partial charge in [-0.2, -0.15) is 0 Å². The highest BCUT2D eigenvalue weighted by molar-refractivity contribution is 8.00. The summed E-state index contributed by atoms with van der Waals surface area (Å²) in [7, 11) is 0. The molecule has 0 spiro atoms. The Labute approximate surface area is 174 Å². The van der Waals surface area contributed by atoms with Crippen molar-refractivity contribution in [2.75, 3.05) is 18.7 Å². The minimum atomic E-state index is -0.380. The molecule has 0 atom stereocenters. The number of rotatable bonds is 7. The van der Waals surface area contributed by atoms with E-state index in [1.165, 1.54) is 16.9 Å². The maximum absolute atomic E-state index is 12.2. The number of benzene rings is 2. The van der Waals surface area contributed by atoms with Crippen LogP contribution in [0.15, 0.2) is 52.9 Å². The van der Waals surface area contributed by atoms with Gasteiger partial charge < -0.3 is 14.8 Å². The molecule has 0 saturated heterocycles. The van der Waals surface area contributed by atoms with Crippen molar-refractivity contribution in [3.05, 3.63) is 59.7 Å². The number of ether oxygens (including phenoxy) is 2. The molecule has 148 valence electrons. The summed E-state index contributed by atoms with van der Waals surface area (Å²) in [6, 6.07) is 14.9. The van der Waals surface area contributed by atoms with Crippen LogP contribution < -0.4 is 20.1 Å². The van der Waals surface area contributed by atoms with Crippen molar-refractivity contribution in [3.8, 4) is 11.5 Å². The molecule has 0 unspecified atom stereocenters. The molecular weight excluding hydrogens is 412 g/mol. The third-order valence-electron chi connectivity index (χ3n) is 3.90. The number of aromatic nitrogens is 2. The molecule has 8 nitrogen and oxygen atoms in total. The molecular formula is C19H16N4O4S2. The van der Waals surface area contributed by atoms with Gasteiger partial charge >= 0.3 is 0 Å². The summed E-state index contributed by atoms with van der Waals surface area (Å²) in [6.07, 6.45) is 0. The summed E-state index contributed by atoms with van der Waals surface area (Å²) in [5.41, 5.74) is 1.57. The molecule has 1 aromatic heterocycles. The van der Waals surface area contributed by atoms with Gasteiger partial charge in [0.2, 0.25) is 17.8 Å². The molecule has 0 radical (unpaired) electrons. The first-order valence-electron chi connectivity index (χ1n) is 8.65. The molecule has 0 fully saturated rings. The SMILES string of the molecule is O=C(CNC(=O)c1ccc2c(c1)OCO2)Nc1nnc(SCc2ccccc2)s1. The van der Waals surface area contributed by atoms with Crippen LogP contribution in [-0.4, -0.2) is 35.3 Å². The van der Waals surface area contributed by atoms with Crippen molar-refractivity contribution in [2.45, 2.75) is 10.1 Å². The normalized spacial score (nSPS) is 11.9. The first kappa shape index (κ1) is 19.2. The fraction of sp³-hybridized carbons (Fsp3) is 0.158. The van der Waals surface area contributed by atoms with E-state index in [-0.39, 0.29) is 25.2 Å². The standard InChI is InChI=1S/C19H16N4O4S2/c24-16(9-20-17(25)13-6-7-14-15(8-13)27-11-26-14)21-18-22-23-19(29-18)28-10-12-4-2-1-3-5-12/h1-8H,9-11H2,(H,20,25)(H,21,22,24). The van der Waals surface area contributed by atoms with Gasteiger partial charge in [0.05, 0.1) is 6.54 Å². The van der Waals surface area contributed by atoms with E-state index in [0.717, 1.165) is 10.1 Å². The van der Waals surface area contributed by atoms with Crippen molar-refractivity contribution in [1.82, 2.24) is 15.5 Å². The van der Waals surface area contributed by atoms with Gasteiger partial charge in [-0.25, -0.2) is 0 Å². The first-order chi connectivity index (χ1) is 14.2. The fourth-order valence-electron chi connectivity index (χ4n) is 2.50. The Hall–Kier alpha value is -3.11. The molecule has 2 amide bonds. The molecule has 2 N–H and O–H groups in total. The Kier molecular flexibility index (Phi) is 5.92. The monoisotopic (exact) mass is 428 g/mol. The van der Waals surface area contributed by atoms with Gasteiger partial charge in [0.15, 0.2) is 15.8 Å². The minimum absolute atomic E-state index is 0.135. The third-order valence-corrected chi connectivity index (χ3v) is 5.95. The van der Waals surface area contributed by atoms with Gasteiger partial charge in [-0.1, -0.05) is 53.4 Å². The lowest BCUT2D eigenvalue weighted by atomic mass is 10.2. The van der Waals surface area contributed by atoms with Crippen LogP contribution in [0, 0.1) is 0 Å². The molecule has 0 bridgehead atoms. The molecule has 1 aliphatic rings. The topological polar surface area (TPSA) is 102 Å². The summed E-state index contributed by atoms with van der Waals surface area (Å²) in [5.74, 6) is 1.12. The lowest BCUT2D eigenvalue weighted by Crippen LogP contribution is -2.32. The second-order valence-corrected chi connectivity index (χ2v) is 8.15. The summed E-state index contributed by atoms with van der Waals surface area (Å²) < 4.78 is 11.2. The highest BCUT2D eigenvalue weighted by atomic mass is 32.2. The number of fused-ring (bicyclic) bond motifs is 1. The Bertz CT molecular complexity index is 1030. The Morgan fingerprint density at radius 3 is 2.76 bits per heavy atom. The number of hydrogen-bond acceptors (Lipinski definition) is 8. The predicted octanol–water partition coefficient (Wildman–Crippen LogP) is 2.93. The van der Waals surface area contributed by atoms with Crippen LogP contribution in [-0.2, 0) is 10.5 Å². The zero-order chi connectivity index (χ0) is 20.1. The van der Waals surface area contributed by atoms with Crippen LogP contribution in [0.4, 0.5) is 5.13 Å². The second kappa shape index (κ2) is 8.93. The van der Waals surface area contributed by atoms with E-state index in [1.54, 1.807) is 30.0 Å². The summed E-state index contributed by atoms with van der Waals surface area (Å²) >= 11 is 2.84. The molecule has 2 heterocycles. The van der Waals surface area contributed by atoms with Crippen LogP contribution in [0.2, 0.25) is 0 Å². The number of thioether (sulfide) groups is 1. The van der Waals surface area contributed by atoms with Crippen molar-refractivity contribution < 1.29 is 19.1 Å². The minimum Gasteiger partial charge on any atom is -0.454 e. The number of hydrogen-bond donors (Lipinski definition) is 2. The lowest BCUT2D eigenvalue weighted by Gasteiger charge is -2.05. The largest absolute Gasteiger partial charge is 0.454 e. The van der Waals surface area contributed by atoms with Crippen molar-refractivity contribution in [3.63, 3.8) is 0 Å². The molecule has 3 aromatic rings. The van der Waals surface area contributed by atoms with Crippen molar-refractivity contribution >= 4 is 40.0 Å². The summed E-state index contributed by atoms with van der Waals surface area (Å²) in [4.78, 5) is 24.3. The number of anilines is 1. The Morgan fingerprint density at radius 2 is 1.90 bits per heavy atom.